The Hall–Kier alpha value is -0.610. The van der Waals surface area contributed by atoms with Crippen LogP contribution in [0.5, 0.6) is 0 Å². The second-order valence-electron chi connectivity index (χ2n) is 3.91. The van der Waals surface area contributed by atoms with E-state index in [-0.39, 0.29) is 5.78 Å². The van der Waals surface area contributed by atoms with Crippen molar-refractivity contribution in [3.63, 3.8) is 0 Å². The number of rotatable bonds is 7. The Kier molecular flexibility index (Phi) is 6.65. The minimum atomic E-state index is -0.00498. The van der Waals surface area contributed by atoms with Crippen molar-refractivity contribution in [1.82, 2.24) is 4.90 Å². The van der Waals surface area contributed by atoms with Gasteiger partial charge in [-0.05, 0) is 24.7 Å². The Labute approximate surface area is 118 Å². The first kappa shape index (κ1) is 15.4. The summed E-state index contributed by atoms with van der Waals surface area (Å²) < 4.78 is 5.00. The molecule has 0 bridgehead atoms. The van der Waals surface area contributed by atoms with Crippen molar-refractivity contribution >= 4 is 29.0 Å². The Morgan fingerprint density at radius 1 is 1.39 bits per heavy atom. The van der Waals surface area contributed by atoms with Gasteiger partial charge in [-0.2, -0.15) is 0 Å². The van der Waals surface area contributed by atoms with Crippen LogP contribution in [-0.4, -0.2) is 44.0 Å². The van der Waals surface area contributed by atoms with Crippen molar-refractivity contribution in [2.24, 2.45) is 0 Å². The number of ketones is 1. The molecule has 100 valence electrons. The van der Waals surface area contributed by atoms with Crippen LogP contribution in [0.4, 0.5) is 0 Å². The van der Waals surface area contributed by atoms with E-state index in [1.54, 1.807) is 25.3 Å². The van der Waals surface area contributed by atoms with Crippen LogP contribution in [0, 0.1) is 0 Å². The lowest BCUT2D eigenvalue weighted by Gasteiger charge is -2.19. The number of hydrogen-bond acceptors (Lipinski definition) is 3. The summed E-state index contributed by atoms with van der Waals surface area (Å²) in [5.41, 5.74) is 0.511. The van der Waals surface area contributed by atoms with Gasteiger partial charge in [-0.3, -0.25) is 9.69 Å². The highest BCUT2D eigenvalue weighted by atomic mass is 35.5. The van der Waals surface area contributed by atoms with E-state index in [9.17, 15) is 4.79 Å². The Morgan fingerprint density at radius 2 is 2.11 bits per heavy atom. The number of carbonyl (C=O) groups is 1. The van der Waals surface area contributed by atoms with Crippen molar-refractivity contribution in [3.8, 4) is 0 Å². The van der Waals surface area contributed by atoms with Gasteiger partial charge >= 0.3 is 0 Å². The quantitative estimate of drug-likeness (QED) is 0.722. The van der Waals surface area contributed by atoms with Crippen LogP contribution in [0.3, 0.4) is 0 Å². The molecule has 0 saturated heterocycles. The maximum absolute atomic E-state index is 12.1. The highest BCUT2D eigenvalue weighted by Gasteiger charge is 2.14. The van der Waals surface area contributed by atoms with Gasteiger partial charge in [0.1, 0.15) is 0 Å². The Morgan fingerprint density at radius 3 is 2.67 bits per heavy atom. The minimum absolute atomic E-state index is 0.00498. The molecule has 0 atom stereocenters. The fourth-order valence-corrected chi connectivity index (χ4v) is 2.09. The molecule has 3 nitrogen and oxygen atoms in total. The van der Waals surface area contributed by atoms with Gasteiger partial charge in [0.2, 0.25) is 0 Å². The smallest absolute Gasteiger partial charge is 0.178 e. The van der Waals surface area contributed by atoms with Crippen LogP contribution in [0.1, 0.15) is 17.3 Å². The third kappa shape index (κ3) is 4.58. The van der Waals surface area contributed by atoms with Crippen molar-refractivity contribution < 1.29 is 9.53 Å². The zero-order valence-electron chi connectivity index (χ0n) is 10.6. The monoisotopic (exact) mass is 289 g/mol. The van der Waals surface area contributed by atoms with E-state index in [4.69, 9.17) is 27.9 Å². The average molecular weight is 290 g/mol. The van der Waals surface area contributed by atoms with E-state index >= 15 is 0 Å². The summed E-state index contributed by atoms with van der Waals surface area (Å²) in [5.74, 6) is -0.00498. The summed E-state index contributed by atoms with van der Waals surface area (Å²) in [7, 11) is 1.64. The maximum atomic E-state index is 12.1. The van der Waals surface area contributed by atoms with Gasteiger partial charge in [0.15, 0.2) is 5.78 Å². The maximum Gasteiger partial charge on any atom is 0.178 e. The third-order valence-electron chi connectivity index (χ3n) is 2.66. The van der Waals surface area contributed by atoms with E-state index in [0.717, 1.165) is 13.1 Å². The van der Waals surface area contributed by atoms with Crippen molar-refractivity contribution in [1.29, 1.82) is 0 Å². The van der Waals surface area contributed by atoms with Crippen molar-refractivity contribution in [2.45, 2.75) is 6.92 Å². The van der Waals surface area contributed by atoms with Crippen molar-refractivity contribution in [3.05, 3.63) is 33.8 Å². The van der Waals surface area contributed by atoms with Crippen LogP contribution >= 0.6 is 23.2 Å². The molecule has 0 fully saturated rings. The zero-order chi connectivity index (χ0) is 13.5. The molecule has 1 aromatic carbocycles. The highest BCUT2D eigenvalue weighted by molar-refractivity contribution is 6.36. The lowest BCUT2D eigenvalue weighted by Crippen LogP contribution is -2.32. The van der Waals surface area contributed by atoms with Gasteiger partial charge < -0.3 is 4.74 Å². The normalized spacial score (nSPS) is 10.9. The van der Waals surface area contributed by atoms with Gasteiger partial charge in [0.25, 0.3) is 0 Å². The summed E-state index contributed by atoms with van der Waals surface area (Å²) in [5, 5.41) is 0.929. The predicted octanol–water partition coefficient (Wildman–Crippen LogP) is 3.14. The number of hydrogen-bond donors (Lipinski definition) is 0. The summed E-state index contributed by atoms with van der Waals surface area (Å²) in [6.45, 7) is 4.47. The summed E-state index contributed by atoms with van der Waals surface area (Å²) >= 11 is 11.8. The summed E-state index contributed by atoms with van der Waals surface area (Å²) in [4.78, 5) is 14.1. The molecule has 18 heavy (non-hydrogen) atoms. The lowest BCUT2D eigenvalue weighted by molar-refractivity contribution is 0.0902. The second-order valence-corrected chi connectivity index (χ2v) is 4.75. The molecule has 0 N–H and O–H groups in total. The van der Waals surface area contributed by atoms with Crippen LogP contribution in [0.15, 0.2) is 18.2 Å². The number of likely N-dealkylation sites (N-methyl/N-ethyl adjacent to an activating group) is 1. The molecule has 0 aliphatic rings. The van der Waals surface area contributed by atoms with Gasteiger partial charge in [-0.25, -0.2) is 0 Å². The molecule has 0 heterocycles. The van der Waals surface area contributed by atoms with Gasteiger partial charge in [0, 0.05) is 24.2 Å². The molecule has 0 aliphatic carbocycles. The molecule has 0 spiro atoms. The second kappa shape index (κ2) is 7.74. The lowest BCUT2D eigenvalue weighted by atomic mass is 10.1. The first-order valence-electron chi connectivity index (χ1n) is 5.78. The Bertz CT molecular complexity index is 410. The van der Waals surface area contributed by atoms with E-state index < -0.39 is 0 Å². The number of Topliss-reactive ketones (excluding diaryl/α,β-unsaturated/α-hetero) is 1. The average Bonchev–Trinajstić information content (AvgIpc) is 2.34. The van der Waals surface area contributed by atoms with E-state index in [1.165, 1.54) is 0 Å². The van der Waals surface area contributed by atoms with Crippen LogP contribution < -0.4 is 0 Å². The molecule has 0 amide bonds. The third-order valence-corrected chi connectivity index (χ3v) is 3.21. The SMILES string of the molecule is CCN(CCOC)CC(=O)c1ccc(Cl)cc1Cl. The molecule has 1 rings (SSSR count). The van der Waals surface area contributed by atoms with Crippen molar-refractivity contribution in [2.75, 3.05) is 33.4 Å². The van der Waals surface area contributed by atoms with Crippen LogP contribution in [-0.2, 0) is 4.74 Å². The van der Waals surface area contributed by atoms with Gasteiger partial charge in [-0.15, -0.1) is 0 Å². The summed E-state index contributed by atoms with van der Waals surface area (Å²) in [6, 6.07) is 4.92. The van der Waals surface area contributed by atoms with E-state index in [0.29, 0.717) is 28.8 Å². The zero-order valence-corrected chi connectivity index (χ0v) is 12.1. The topological polar surface area (TPSA) is 29.5 Å². The van der Waals surface area contributed by atoms with E-state index in [1.807, 2.05) is 11.8 Å². The summed E-state index contributed by atoms with van der Waals surface area (Å²) in [6.07, 6.45) is 0. The number of carbonyl (C=O) groups excluding carboxylic acids is 1. The number of benzene rings is 1. The van der Waals surface area contributed by atoms with Gasteiger partial charge in [0.05, 0.1) is 18.2 Å². The molecule has 0 radical (unpaired) electrons. The van der Waals surface area contributed by atoms with Crippen LogP contribution in [0.25, 0.3) is 0 Å². The number of nitrogens with zero attached hydrogens (tertiary/aromatic N) is 1. The molecule has 0 aliphatic heterocycles. The molecule has 1 aromatic rings. The first-order valence-corrected chi connectivity index (χ1v) is 6.53. The largest absolute Gasteiger partial charge is 0.383 e. The number of ether oxygens (including phenoxy) is 1. The van der Waals surface area contributed by atoms with Crippen LogP contribution in [0.2, 0.25) is 10.0 Å². The fraction of sp³-hybridized carbons (Fsp3) is 0.462. The fourth-order valence-electron chi connectivity index (χ4n) is 1.57. The highest BCUT2D eigenvalue weighted by Crippen LogP contribution is 2.21. The van der Waals surface area contributed by atoms with Gasteiger partial charge in [-0.1, -0.05) is 30.1 Å². The number of halogens is 2. The first-order chi connectivity index (χ1) is 8.58. The molecule has 0 aromatic heterocycles. The molecular formula is C13H17Cl2NO2. The molecule has 0 unspecified atom stereocenters. The Balaban J connectivity index is 2.68. The number of methoxy groups -OCH3 is 1. The molecule has 5 heteroatoms. The minimum Gasteiger partial charge on any atom is -0.383 e. The van der Waals surface area contributed by atoms with E-state index in [2.05, 4.69) is 0 Å². The molecular weight excluding hydrogens is 273 g/mol. The predicted molar refractivity (Wildman–Crippen MR) is 74.8 cm³/mol. The molecule has 0 saturated carbocycles. The standard InChI is InChI=1S/C13H17Cl2NO2/c1-3-16(6-7-18-2)9-13(17)11-5-4-10(14)8-12(11)15/h4-5,8H,3,6-7,9H2,1-2H3.